The van der Waals surface area contributed by atoms with Crippen molar-refractivity contribution in [2.45, 2.75) is 68.5 Å². The van der Waals surface area contributed by atoms with E-state index in [1.54, 1.807) is 12.1 Å². The molecule has 6 N–H and O–H groups in total. The van der Waals surface area contributed by atoms with Gasteiger partial charge in [0.05, 0.1) is 30.7 Å². The number of aromatic carboxylic acids is 1. The van der Waals surface area contributed by atoms with Gasteiger partial charge in [-0.15, -0.1) is 0 Å². The van der Waals surface area contributed by atoms with Gasteiger partial charge in [0, 0.05) is 19.6 Å². The van der Waals surface area contributed by atoms with Gasteiger partial charge >= 0.3 is 35.8 Å². The molecular weight excluding hydrogens is 826 g/mol. The molecule has 4 aromatic carbocycles. The molecule has 1 saturated carbocycles. The topological polar surface area (TPSA) is 227 Å². The fourth-order valence-corrected chi connectivity index (χ4v) is 6.66. The number of carbonyl (C=O) groups is 6. The number of rotatable bonds is 17. The van der Waals surface area contributed by atoms with Gasteiger partial charge in [0.15, 0.2) is 0 Å². The van der Waals surface area contributed by atoms with Crippen molar-refractivity contribution in [1.82, 2.24) is 4.90 Å². The predicted molar refractivity (Wildman–Crippen MR) is 226 cm³/mol. The maximum absolute atomic E-state index is 11.4. The lowest BCUT2D eigenvalue weighted by Crippen LogP contribution is -2.31. The summed E-state index contributed by atoms with van der Waals surface area (Å²) in [6.45, 7) is 0.488. The van der Waals surface area contributed by atoms with Crippen molar-refractivity contribution in [3.8, 4) is 11.1 Å². The Morgan fingerprint density at radius 2 is 1.00 bits per heavy atom. The molecule has 1 fully saturated rings. The molecule has 0 radical (unpaired) electrons. The van der Waals surface area contributed by atoms with Crippen molar-refractivity contribution in [3.05, 3.63) is 132 Å². The fraction of sp³-hybridized carbons (Fsp3) is 0.333. The minimum Gasteiger partial charge on any atom is -0.481 e. The Balaban J connectivity index is 0.000000273. The van der Waals surface area contributed by atoms with Crippen LogP contribution in [0.4, 0.5) is 0 Å². The molecule has 1 aliphatic rings. The molecule has 0 bridgehead atoms. The van der Waals surface area contributed by atoms with E-state index in [0.717, 1.165) is 35.1 Å². The number of carboxylic acid groups (broad SMARTS) is 6. The standard InChI is InChI=1S/C14H18O2.C13H10O2.C9H9BrO2.C9H15NO6/c15-14(16)13(11-7-3-1-4-8-11)12-9-5-2-6-10-12;14-13(15)12-9-5-4-8-11(12)10-6-2-1-3-7-10;10-8(9(11)12)6-7-4-2-1-3-5-7;11-7(12)1-4-10(5-2-8(13)14)6-3-9(15)16/h1,3-4,7-8,12-13H,2,5-6,9-10H2,(H,15,16);1-9H,(H,14,15);1-5,8H,6H2,(H,11,12);1-6H2,(H,11,12)(H,13,14)(H,15,16)/t;;8-;/m..0./s1. The first kappa shape index (κ1) is 49.3. The lowest BCUT2D eigenvalue weighted by Gasteiger charge is -2.27. The van der Waals surface area contributed by atoms with Crippen LogP contribution in [-0.2, 0) is 30.4 Å². The molecule has 1 aliphatic carbocycles. The Bertz CT molecular complexity index is 1840. The van der Waals surface area contributed by atoms with Crippen LogP contribution in [0.5, 0.6) is 0 Å². The zero-order chi connectivity index (χ0) is 43.6. The van der Waals surface area contributed by atoms with Gasteiger partial charge < -0.3 is 35.5 Å². The molecule has 14 heteroatoms. The molecule has 0 spiro atoms. The smallest absolute Gasteiger partial charge is 0.336 e. The summed E-state index contributed by atoms with van der Waals surface area (Å²) in [5, 5.41) is 52.4. The van der Waals surface area contributed by atoms with Crippen LogP contribution in [0.3, 0.4) is 0 Å². The van der Waals surface area contributed by atoms with E-state index < -0.39 is 40.6 Å². The third kappa shape index (κ3) is 20.4. The SMILES string of the molecule is O=C(O)C(c1ccccc1)C1CCCCC1.O=C(O)CCN(CCC(=O)O)CCC(=O)O.O=C(O)[C@@H](Br)Cc1ccccc1.O=C(O)c1ccccc1-c1ccccc1. The second kappa shape index (κ2) is 27.7. The van der Waals surface area contributed by atoms with E-state index in [-0.39, 0.29) is 44.8 Å². The summed E-state index contributed by atoms with van der Waals surface area (Å²) in [6, 6.07) is 35.7. The number of nitrogens with zero attached hydrogens (tertiary/aromatic N) is 1. The summed E-state index contributed by atoms with van der Waals surface area (Å²) in [7, 11) is 0. The Morgan fingerprint density at radius 1 is 0.559 bits per heavy atom. The Kier molecular flexibility index (Phi) is 23.2. The van der Waals surface area contributed by atoms with Gasteiger partial charge in [-0.3, -0.25) is 24.0 Å². The third-order valence-corrected chi connectivity index (χ3v) is 9.96. The fourth-order valence-electron chi connectivity index (χ4n) is 6.29. The third-order valence-electron chi connectivity index (χ3n) is 9.24. The highest BCUT2D eigenvalue weighted by Crippen LogP contribution is 2.36. The lowest BCUT2D eigenvalue weighted by atomic mass is 9.77. The van der Waals surface area contributed by atoms with Crippen molar-refractivity contribution in [3.63, 3.8) is 0 Å². The van der Waals surface area contributed by atoms with Crippen LogP contribution < -0.4 is 0 Å². The molecule has 0 saturated heterocycles. The van der Waals surface area contributed by atoms with E-state index in [0.29, 0.717) is 17.9 Å². The van der Waals surface area contributed by atoms with E-state index in [1.165, 1.54) is 24.2 Å². The number of benzene rings is 4. The first-order chi connectivity index (χ1) is 28.2. The van der Waals surface area contributed by atoms with Crippen molar-refractivity contribution in [2.24, 2.45) is 5.92 Å². The highest BCUT2D eigenvalue weighted by Gasteiger charge is 2.30. The molecule has 0 amide bonds. The molecule has 5 rings (SSSR count). The second-order valence-corrected chi connectivity index (χ2v) is 14.7. The van der Waals surface area contributed by atoms with Crippen LogP contribution in [0.25, 0.3) is 11.1 Å². The molecule has 0 aromatic heterocycles. The van der Waals surface area contributed by atoms with E-state index in [4.69, 9.17) is 25.5 Å². The first-order valence-electron chi connectivity index (χ1n) is 19.1. The molecule has 0 aliphatic heterocycles. The van der Waals surface area contributed by atoms with E-state index in [1.807, 2.05) is 103 Å². The number of carboxylic acids is 6. The normalized spacial score (nSPS) is 13.1. The Labute approximate surface area is 352 Å². The monoisotopic (exact) mass is 877 g/mol. The summed E-state index contributed by atoms with van der Waals surface area (Å²) in [5.74, 6) is -5.33. The molecule has 13 nitrogen and oxygen atoms in total. The highest BCUT2D eigenvalue weighted by molar-refractivity contribution is 9.10. The number of aliphatic carboxylic acids is 5. The summed E-state index contributed by atoms with van der Waals surface area (Å²) in [4.78, 5) is 64.9. The van der Waals surface area contributed by atoms with Crippen LogP contribution in [0.2, 0.25) is 0 Å². The van der Waals surface area contributed by atoms with Crippen molar-refractivity contribution in [2.75, 3.05) is 19.6 Å². The molecule has 2 atom stereocenters. The van der Waals surface area contributed by atoms with Gasteiger partial charge in [0.1, 0.15) is 4.83 Å². The quantitative estimate of drug-likeness (QED) is 0.0550. The van der Waals surface area contributed by atoms with Gasteiger partial charge in [-0.05, 0) is 53.5 Å². The maximum atomic E-state index is 11.4. The van der Waals surface area contributed by atoms with Gasteiger partial charge in [-0.25, -0.2) is 4.79 Å². The van der Waals surface area contributed by atoms with Gasteiger partial charge in [-0.1, -0.05) is 144 Å². The summed E-state index contributed by atoms with van der Waals surface area (Å²) in [5.41, 5.74) is 4.01. The Morgan fingerprint density at radius 3 is 1.44 bits per heavy atom. The summed E-state index contributed by atoms with van der Waals surface area (Å²) < 4.78 is 0. The molecule has 316 valence electrons. The van der Waals surface area contributed by atoms with Crippen LogP contribution in [0.15, 0.2) is 115 Å². The van der Waals surface area contributed by atoms with Gasteiger partial charge in [0.25, 0.3) is 0 Å². The predicted octanol–water partition coefficient (Wildman–Crippen LogP) is 8.28. The van der Waals surface area contributed by atoms with Gasteiger partial charge in [-0.2, -0.15) is 0 Å². The number of hydrogen-bond acceptors (Lipinski definition) is 7. The van der Waals surface area contributed by atoms with Crippen molar-refractivity contribution < 1.29 is 59.4 Å². The highest BCUT2D eigenvalue weighted by atomic mass is 79.9. The van der Waals surface area contributed by atoms with E-state index in [9.17, 15) is 33.9 Å². The molecule has 59 heavy (non-hydrogen) atoms. The van der Waals surface area contributed by atoms with Crippen molar-refractivity contribution in [1.29, 1.82) is 0 Å². The van der Waals surface area contributed by atoms with Crippen LogP contribution in [0, 0.1) is 5.92 Å². The minimum absolute atomic E-state index is 0.126. The Hall–Kier alpha value is -5.86. The van der Waals surface area contributed by atoms with Crippen LogP contribution in [0.1, 0.15) is 78.8 Å². The number of halogens is 1. The number of alkyl halides is 1. The largest absolute Gasteiger partial charge is 0.481 e. The average Bonchev–Trinajstić information content (AvgIpc) is 3.22. The van der Waals surface area contributed by atoms with Crippen molar-refractivity contribution >= 4 is 51.7 Å². The second-order valence-electron chi connectivity index (χ2n) is 13.6. The summed E-state index contributed by atoms with van der Waals surface area (Å²) in [6.07, 6.45) is 5.89. The molecule has 1 unspecified atom stereocenters. The molecule has 0 heterocycles. The number of hydrogen-bond donors (Lipinski definition) is 6. The molecule has 4 aromatic rings. The minimum atomic E-state index is -0.990. The van der Waals surface area contributed by atoms with E-state index in [2.05, 4.69) is 15.9 Å². The molecular formula is C45H52BrNO12. The van der Waals surface area contributed by atoms with Gasteiger partial charge in [0.2, 0.25) is 0 Å². The van der Waals surface area contributed by atoms with Crippen LogP contribution in [-0.4, -0.2) is 95.8 Å². The zero-order valence-corrected chi connectivity index (χ0v) is 34.2. The van der Waals surface area contributed by atoms with Crippen LogP contribution >= 0.6 is 15.9 Å². The zero-order valence-electron chi connectivity index (χ0n) is 32.6. The summed E-state index contributed by atoms with van der Waals surface area (Å²) >= 11 is 3.08. The lowest BCUT2D eigenvalue weighted by molar-refractivity contribution is -0.141. The first-order valence-corrected chi connectivity index (χ1v) is 20.0. The average molecular weight is 879 g/mol. The maximum Gasteiger partial charge on any atom is 0.336 e. The van der Waals surface area contributed by atoms with E-state index >= 15 is 0 Å².